The third-order valence-corrected chi connectivity index (χ3v) is 1.98. The molecule has 0 saturated carbocycles. The lowest BCUT2D eigenvalue weighted by molar-refractivity contribution is 0.0513. The molecule has 1 rings (SSSR count). The van der Waals surface area contributed by atoms with Gasteiger partial charge in [-0.2, -0.15) is 5.26 Å². The first-order chi connectivity index (χ1) is 6.70. The molecule has 0 spiro atoms. The van der Waals surface area contributed by atoms with Crippen LogP contribution in [0.3, 0.4) is 0 Å². The molecule has 0 fully saturated rings. The van der Waals surface area contributed by atoms with E-state index < -0.39 is 12.2 Å². The second-order valence-corrected chi connectivity index (χ2v) is 2.88. The van der Waals surface area contributed by atoms with Gasteiger partial charge >= 0.3 is 0 Å². The van der Waals surface area contributed by atoms with E-state index in [2.05, 4.69) is 0 Å². The van der Waals surface area contributed by atoms with Crippen molar-refractivity contribution in [3.8, 4) is 6.07 Å². The van der Waals surface area contributed by atoms with E-state index in [0.717, 1.165) is 0 Å². The summed E-state index contributed by atoms with van der Waals surface area (Å²) in [5.41, 5.74) is 0.887. The molecule has 0 heterocycles. The minimum absolute atomic E-state index is 0.231. The Morgan fingerprint density at radius 3 is 2.50 bits per heavy atom. The van der Waals surface area contributed by atoms with Gasteiger partial charge in [0.2, 0.25) is 0 Å². The number of aliphatic hydroxyl groups excluding tert-OH is 3. The fourth-order valence-electron chi connectivity index (χ4n) is 1.21. The molecule has 2 unspecified atom stereocenters. The van der Waals surface area contributed by atoms with E-state index in [1.165, 1.54) is 6.07 Å². The molecule has 0 amide bonds. The molecule has 0 bridgehead atoms. The van der Waals surface area contributed by atoms with Crippen molar-refractivity contribution in [2.45, 2.75) is 18.8 Å². The molecule has 74 valence electrons. The Morgan fingerprint density at radius 1 is 1.29 bits per heavy atom. The number of hydrogen-bond acceptors (Lipinski definition) is 4. The maximum absolute atomic E-state index is 9.52. The van der Waals surface area contributed by atoms with Crippen molar-refractivity contribution in [3.63, 3.8) is 0 Å². The summed E-state index contributed by atoms with van der Waals surface area (Å²) in [5.74, 6) is 0. The minimum Gasteiger partial charge on any atom is -0.392 e. The number of hydrogen-bond donors (Lipinski definition) is 3. The highest BCUT2D eigenvalue weighted by Gasteiger charge is 2.19. The van der Waals surface area contributed by atoms with E-state index in [-0.39, 0.29) is 6.61 Å². The second-order valence-electron chi connectivity index (χ2n) is 2.88. The Hall–Kier alpha value is -1.41. The van der Waals surface area contributed by atoms with Crippen molar-refractivity contribution < 1.29 is 15.3 Å². The van der Waals surface area contributed by atoms with Crippen LogP contribution in [0.4, 0.5) is 0 Å². The van der Waals surface area contributed by atoms with Gasteiger partial charge in [0.1, 0.15) is 6.10 Å². The van der Waals surface area contributed by atoms with Crippen LogP contribution in [-0.4, -0.2) is 21.4 Å². The molecular weight excluding hydrogens is 182 g/mol. The molecule has 0 aromatic heterocycles. The summed E-state index contributed by atoms with van der Waals surface area (Å²) >= 11 is 0. The molecule has 2 atom stereocenters. The van der Waals surface area contributed by atoms with Gasteiger partial charge in [-0.25, -0.2) is 0 Å². The van der Waals surface area contributed by atoms with Gasteiger partial charge in [-0.3, -0.25) is 0 Å². The number of nitriles is 1. The van der Waals surface area contributed by atoms with Crippen LogP contribution in [0, 0.1) is 11.3 Å². The highest BCUT2D eigenvalue weighted by Crippen LogP contribution is 2.20. The quantitative estimate of drug-likeness (QED) is 0.594. The Bertz CT molecular complexity index is 345. The third kappa shape index (κ3) is 2.09. The van der Waals surface area contributed by atoms with Crippen molar-refractivity contribution >= 4 is 0 Å². The van der Waals surface area contributed by atoms with Crippen molar-refractivity contribution in [3.05, 3.63) is 35.4 Å². The Labute approximate surface area is 81.7 Å². The zero-order valence-electron chi connectivity index (χ0n) is 7.46. The van der Waals surface area contributed by atoms with Crippen molar-refractivity contribution in [2.24, 2.45) is 0 Å². The van der Waals surface area contributed by atoms with Gasteiger partial charge in [-0.15, -0.1) is 0 Å². The fourth-order valence-corrected chi connectivity index (χ4v) is 1.21. The molecule has 0 radical (unpaired) electrons. The molecule has 14 heavy (non-hydrogen) atoms. The summed E-state index contributed by atoms with van der Waals surface area (Å²) in [6.07, 6.45) is -2.74. The third-order valence-electron chi connectivity index (χ3n) is 1.98. The van der Waals surface area contributed by atoms with Crippen molar-refractivity contribution in [2.75, 3.05) is 0 Å². The second kappa shape index (κ2) is 4.72. The zero-order valence-corrected chi connectivity index (χ0v) is 7.46. The molecule has 0 saturated heterocycles. The highest BCUT2D eigenvalue weighted by atomic mass is 16.3. The maximum atomic E-state index is 9.52. The molecular formula is C10H11NO3. The van der Waals surface area contributed by atoms with Crippen LogP contribution in [0.2, 0.25) is 0 Å². The van der Waals surface area contributed by atoms with E-state index >= 15 is 0 Å². The van der Waals surface area contributed by atoms with Crippen LogP contribution in [0.25, 0.3) is 0 Å². The van der Waals surface area contributed by atoms with Crippen LogP contribution >= 0.6 is 0 Å². The Morgan fingerprint density at radius 2 is 1.93 bits per heavy atom. The summed E-state index contributed by atoms with van der Waals surface area (Å²) in [6.45, 7) is -0.231. The van der Waals surface area contributed by atoms with E-state index in [1.807, 2.05) is 0 Å². The number of rotatable bonds is 3. The molecule has 0 aliphatic rings. The first-order valence-electron chi connectivity index (χ1n) is 4.15. The number of nitrogens with zero attached hydrogens (tertiary/aromatic N) is 1. The average Bonchev–Trinajstić information content (AvgIpc) is 2.26. The standard InChI is InChI=1S/C10H11NO3/c11-5-9(13)10(14)8-4-2-1-3-7(8)6-12/h1-4,9-10,12-14H,6H2. The Kier molecular flexibility index (Phi) is 3.60. The van der Waals surface area contributed by atoms with Gasteiger partial charge in [0.05, 0.1) is 12.7 Å². The summed E-state index contributed by atoms with van der Waals surface area (Å²) in [7, 11) is 0. The summed E-state index contributed by atoms with van der Waals surface area (Å²) < 4.78 is 0. The van der Waals surface area contributed by atoms with Crippen LogP contribution in [0.1, 0.15) is 17.2 Å². The molecule has 0 aliphatic carbocycles. The van der Waals surface area contributed by atoms with Gasteiger partial charge < -0.3 is 15.3 Å². The zero-order chi connectivity index (χ0) is 10.6. The van der Waals surface area contributed by atoms with Gasteiger partial charge in [-0.05, 0) is 11.1 Å². The molecule has 3 N–H and O–H groups in total. The lowest BCUT2D eigenvalue weighted by Gasteiger charge is -2.14. The van der Waals surface area contributed by atoms with Crippen LogP contribution in [0.5, 0.6) is 0 Å². The predicted molar refractivity (Wildman–Crippen MR) is 48.9 cm³/mol. The topological polar surface area (TPSA) is 84.5 Å². The van der Waals surface area contributed by atoms with Crippen molar-refractivity contribution in [1.82, 2.24) is 0 Å². The van der Waals surface area contributed by atoms with Crippen LogP contribution in [-0.2, 0) is 6.61 Å². The van der Waals surface area contributed by atoms with E-state index in [4.69, 9.17) is 15.5 Å². The lowest BCUT2D eigenvalue weighted by atomic mass is 10.00. The average molecular weight is 193 g/mol. The van der Waals surface area contributed by atoms with Gasteiger partial charge in [0, 0.05) is 0 Å². The lowest BCUT2D eigenvalue weighted by Crippen LogP contribution is -2.17. The normalized spacial score (nSPS) is 14.4. The molecule has 1 aromatic rings. The van der Waals surface area contributed by atoms with Gasteiger partial charge in [0.15, 0.2) is 6.10 Å². The number of benzene rings is 1. The summed E-state index contributed by atoms with van der Waals surface area (Å²) in [5, 5.41) is 36.0. The summed E-state index contributed by atoms with van der Waals surface area (Å²) in [6, 6.07) is 8.11. The largest absolute Gasteiger partial charge is 0.392 e. The predicted octanol–water partition coefficient (Wildman–Crippen LogP) is 0.0968. The minimum atomic E-state index is -1.47. The SMILES string of the molecule is N#CC(O)C(O)c1ccccc1CO. The van der Waals surface area contributed by atoms with Crippen LogP contribution in [0.15, 0.2) is 24.3 Å². The fraction of sp³-hybridized carbons (Fsp3) is 0.300. The molecule has 1 aromatic carbocycles. The first kappa shape index (κ1) is 10.7. The van der Waals surface area contributed by atoms with E-state index in [9.17, 15) is 5.11 Å². The van der Waals surface area contributed by atoms with E-state index in [1.54, 1.807) is 24.3 Å². The first-order valence-corrected chi connectivity index (χ1v) is 4.15. The number of aliphatic hydroxyl groups is 3. The van der Waals surface area contributed by atoms with E-state index in [0.29, 0.717) is 11.1 Å². The highest BCUT2D eigenvalue weighted by molar-refractivity contribution is 5.30. The van der Waals surface area contributed by atoms with Crippen LogP contribution < -0.4 is 0 Å². The monoisotopic (exact) mass is 193 g/mol. The van der Waals surface area contributed by atoms with Gasteiger partial charge in [0.25, 0.3) is 0 Å². The smallest absolute Gasteiger partial charge is 0.170 e. The summed E-state index contributed by atoms with van der Waals surface area (Å²) in [4.78, 5) is 0. The molecule has 4 nitrogen and oxygen atoms in total. The molecule has 4 heteroatoms. The molecule has 0 aliphatic heterocycles. The Balaban J connectivity index is 3.00. The maximum Gasteiger partial charge on any atom is 0.170 e. The van der Waals surface area contributed by atoms with Gasteiger partial charge in [-0.1, -0.05) is 24.3 Å². The van der Waals surface area contributed by atoms with Crippen molar-refractivity contribution in [1.29, 1.82) is 5.26 Å².